The van der Waals surface area contributed by atoms with Gasteiger partial charge in [0.15, 0.2) is 0 Å². The van der Waals surface area contributed by atoms with Gasteiger partial charge in [0.1, 0.15) is 11.6 Å². The zero-order valence-electron chi connectivity index (χ0n) is 12.6. The van der Waals surface area contributed by atoms with Crippen molar-refractivity contribution in [2.75, 3.05) is 20.3 Å². The van der Waals surface area contributed by atoms with Gasteiger partial charge in [0.25, 0.3) is 5.91 Å². The van der Waals surface area contributed by atoms with Gasteiger partial charge in [0.2, 0.25) is 0 Å². The van der Waals surface area contributed by atoms with E-state index in [1.165, 1.54) is 43.5 Å². The highest BCUT2D eigenvalue weighted by Crippen LogP contribution is 2.22. The molecule has 1 amide bonds. The van der Waals surface area contributed by atoms with E-state index in [2.05, 4.69) is 5.32 Å². The van der Waals surface area contributed by atoms with Crippen molar-refractivity contribution in [2.45, 2.75) is 6.10 Å². The fraction of sp³-hybridized carbons (Fsp3) is 0.235. The third-order valence-corrected chi connectivity index (χ3v) is 3.25. The van der Waals surface area contributed by atoms with Gasteiger partial charge in [-0.1, -0.05) is 18.2 Å². The Morgan fingerprint density at radius 2 is 1.83 bits per heavy atom. The number of aliphatic hydroxyl groups excluding tert-OH is 1. The second kappa shape index (κ2) is 7.80. The average Bonchev–Trinajstić information content (AvgIpc) is 2.53. The van der Waals surface area contributed by atoms with Gasteiger partial charge in [0.05, 0.1) is 18.3 Å². The zero-order chi connectivity index (χ0) is 16.8. The molecule has 2 N–H and O–H groups in total. The predicted octanol–water partition coefficient (Wildman–Crippen LogP) is 2.37. The monoisotopic (exact) mass is 321 g/mol. The van der Waals surface area contributed by atoms with Crippen molar-refractivity contribution in [3.05, 3.63) is 59.7 Å². The lowest BCUT2D eigenvalue weighted by Gasteiger charge is -2.11. The second-order valence-corrected chi connectivity index (χ2v) is 5.02. The lowest BCUT2D eigenvalue weighted by Crippen LogP contribution is -2.34. The maximum absolute atomic E-state index is 14.1. The Morgan fingerprint density at radius 1 is 1.17 bits per heavy atom. The van der Waals surface area contributed by atoms with E-state index in [4.69, 9.17) is 4.74 Å². The first-order chi connectivity index (χ1) is 11.0. The molecule has 0 saturated heterocycles. The van der Waals surface area contributed by atoms with Crippen LogP contribution in [0.1, 0.15) is 10.4 Å². The molecule has 0 bridgehead atoms. The molecule has 2 rings (SSSR count). The largest absolute Gasteiger partial charge is 0.389 e. The van der Waals surface area contributed by atoms with E-state index >= 15 is 0 Å². The van der Waals surface area contributed by atoms with Crippen LogP contribution in [-0.2, 0) is 4.74 Å². The standard InChI is InChI=1S/C17H17F2NO3/c1-23-10-14(21)9-20-17(22)15-7-4-12(8-16(15)19)11-2-5-13(18)6-3-11/h2-8,14,21H,9-10H2,1H3,(H,20,22). The minimum atomic E-state index is -0.856. The molecule has 0 aliphatic rings. The molecule has 6 heteroatoms. The molecule has 122 valence electrons. The number of nitrogens with one attached hydrogen (secondary N) is 1. The fourth-order valence-corrected chi connectivity index (χ4v) is 2.08. The van der Waals surface area contributed by atoms with E-state index in [9.17, 15) is 18.7 Å². The normalized spacial score (nSPS) is 12.0. The van der Waals surface area contributed by atoms with E-state index in [1.54, 1.807) is 6.07 Å². The second-order valence-electron chi connectivity index (χ2n) is 5.02. The number of rotatable bonds is 6. The quantitative estimate of drug-likeness (QED) is 0.859. The number of carbonyl (C=O) groups excluding carboxylic acids is 1. The van der Waals surface area contributed by atoms with Gasteiger partial charge in [0, 0.05) is 13.7 Å². The summed E-state index contributed by atoms with van der Waals surface area (Å²) in [5.74, 6) is -1.69. The van der Waals surface area contributed by atoms with Crippen molar-refractivity contribution < 1.29 is 23.4 Å². The zero-order valence-corrected chi connectivity index (χ0v) is 12.6. The third-order valence-electron chi connectivity index (χ3n) is 3.25. The molecule has 0 saturated carbocycles. The SMILES string of the molecule is COCC(O)CNC(=O)c1ccc(-c2ccc(F)cc2)cc1F. The van der Waals surface area contributed by atoms with Crippen LogP contribution in [0.5, 0.6) is 0 Å². The van der Waals surface area contributed by atoms with Crippen molar-refractivity contribution in [3.8, 4) is 11.1 Å². The first-order valence-corrected chi connectivity index (χ1v) is 7.02. The van der Waals surface area contributed by atoms with Gasteiger partial charge < -0.3 is 15.2 Å². The summed E-state index contributed by atoms with van der Waals surface area (Å²) >= 11 is 0. The van der Waals surface area contributed by atoms with Gasteiger partial charge in [-0.05, 0) is 35.4 Å². The van der Waals surface area contributed by atoms with Crippen LogP contribution < -0.4 is 5.32 Å². The minimum absolute atomic E-state index is 0.0359. The summed E-state index contributed by atoms with van der Waals surface area (Å²) in [5, 5.41) is 11.9. The Bertz CT molecular complexity index is 674. The van der Waals surface area contributed by atoms with E-state index in [0.717, 1.165) is 0 Å². The van der Waals surface area contributed by atoms with Crippen LogP contribution in [0.25, 0.3) is 11.1 Å². The number of carbonyl (C=O) groups is 1. The number of hydrogen-bond donors (Lipinski definition) is 2. The van der Waals surface area contributed by atoms with Crippen LogP contribution >= 0.6 is 0 Å². The number of ether oxygens (including phenoxy) is 1. The molecule has 0 aliphatic heterocycles. The van der Waals surface area contributed by atoms with Gasteiger partial charge in [-0.15, -0.1) is 0 Å². The molecule has 2 aromatic carbocycles. The van der Waals surface area contributed by atoms with Crippen molar-refractivity contribution in [1.82, 2.24) is 5.32 Å². The number of benzene rings is 2. The molecule has 1 unspecified atom stereocenters. The summed E-state index contributed by atoms with van der Waals surface area (Å²) < 4.78 is 31.8. The highest BCUT2D eigenvalue weighted by molar-refractivity contribution is 5.95. The molecule has 0 fully saturated rings. The van der Waals surface area contributed by atoms with Crippen LogP contribution in [0, 0.1) is 11.6 Å². The van der Waals surface area contributed by atoms with Crippen molar-refractivity contribution in [1.29, 1.82) is 0 Å². The lowest BCUT2D eigenvalue weighted by molar-refractivity contribution is 0.0609. The van der Waals surface area contributed by atoms with E-state index in [0.29, 0.717) is 11.1 Å². The molecule has 2 aromatic rings. The Morgan fingerprint density at radius 3 is 2.43 bits per heavy atom. The smallest absolute Gasteiger partial charge is 0.254 e. The summed E-state index contributed by atoms with van der Waals surface area (Å²) in [6.45, 7) is 0.0398. The first kappa shape index (κ1) is 17.1. The van der Waals surface area contributed by atoms with Gasteiger partial charge >= 0.3 is 0 Å². The molecule has 0 radical (unpaired) electrons. The molecule has 0 aromatic heterocycles. The van der Waals surface area contributed by atoms with Crippen LogP contribution in [0.3, 0.4) is 0 Å². The van der Waals surface area contributed by atoms with Crippen molar-refractivity contribution >= 4 is 5.91 Å². The average molecular weight is 321 g/mol. The van der Waals surface area contributed by atoms with E-state index in [1.807, 2.05) is 0 Å². The van der Waals surface area contributed by atoms with E-state index in [-0.39, 0.29) is 24.5 Å². The summed E-state index contributed by atoms with van der Waals surface area (Å²) in [7, 11) is 1.43. The molecule has 0 heterocycles. The van der Waals surface area contributed by atoms with Crippen LogP contribution in [0.15, 0.2) is 42.5 Å². The Labute approximate surface area is 132 Å². The Balaban J connectivity index is 2.09. The molecule has 4 nitrogen and oxygen atoms in total. The summed E-state index contributed by atoms with van der Waals surface area (Å²) in [4.78, 5) is 11.9. The topological polar surface area (TPSA) is 58.6 Å². The number of methoxy groups -OCH3 is 1. The maximum Gasteiger partial charge on any atom is 0.254 e. The number of halogens is 2. The van der Waals surface area contributed by atoms with Crippen LogP contribution in [0.4, 0.5) is 8.78 Å². The molecule has 1 atom stereocenters. The Kier molecular flexibility index (Phi) is 5.78. The predicted molar refractivity (Wildman–Crippen MR) is 82.0 cm³/mol. The molecular weight excluding hydrogens is 304 g/mol. The summed E-state index contributed by atoms with van der Waals surface area (Å²) in [5.41, 5.74) is 1.06. The molecule has 23 heavy (non-hydrogen) atoms. The summed E-state index contributed by atoms with van der Waals surface area (Å²) in [6, 6.07) is 9.78. The maximum atomic E-state index is 14.1. The van der Waals surface area contributed by atoms with Crippen LogP contribution in [-0.4, -0.2) is 37.4 Å². The molecule has 0 spiro atoms. The van der Waals surface area contributed by atoms with Gasteiger partial charge in [-0.25, -0.2) is 8.78 Å². The highest BCUT2D eigenvalue weighted by atomic mass is 19.1. The fourth-order valence-electron chi connectivity index (χ4n) is 2.08. The number of amides is 1. The highest BCUT2D eigenvalue weighted by Gasteiger charge is 2.14. The van der Waals surface area contributed by atoms with Crippen molar-refractivity contribution in [3.63, 3.8) is 0 Å². The Hall–Kier alpha value is -2.31. The van der Waals surface area contributed by atoms with Gasteiger partial charge in [-0.3, -0.25) is 4.79 Å². The summed E-state index contributed by atoms with van der Waals surface area (Å²) in [6.07, 6.45) is -0.856. The molecular formula is C17H17F2NO3. The lowest BCUT2D eigenvalue weighted by atomic mass is 10.0. The number of hydrogen-bond acceptors (Lipinski definition) is 3. The van der Waals surface area contributed by atoms with Crippen molar-refractivity contribution in [2.24, 2.45) is 0 Å². The van der Waals surface area contributed by atoms with Gasteiger partial charge in [-0.2, -0.15) is 0 Å². The third kappa shape index (κ3) is 4.58. The van der Waals surface area contributed by atoms with Crippen LogP contribution in [0.2, 0.25) is 0 Å². The first-order valence-electron chi connectivity index (χ1n) is 7.02. The minimum Gasteiger partial charge on any atom is -0.389 e. The molecule has 0 aliphatic carbocycles. The van der Waals surface area contributed by atoms with E-state index < -0.39 is 17.8 Å². The number of aliphatic hydroxyl groups is 1.